The molecule has 0 saturated heterocycles. The smallest absolute Gasteiger partial charge is 0.266 e. The van der Waals surface area contributed by atoms with Crippen LogP contribution in [0.4, 0.5) is 5.69 Å². The van der Waals surface area contributed by atoms with Crippen molar-refractivity contribution in [1.82, 2.24) is 0 Å². The second kappa shape index (κ2) is 10.7. The first-order chi connectivity index (χ1) is 17.0. The summed E-state index contributed by atoms with van der Waals surface area (Å²) in [6, 6.07) is 28.0. The van der Waals surface area contributed by atoms with Crippen LogP contribution in [0.3, 0.4) is 0 Å². The summed E-state index contributed by atoms with van der Waals surface area (Å²) in [6.45, 7) is 6.68. The fraction of sp³-hybridized carbons (Fsp3) is 0.161. The minimum atomic E-state index is -0.443. The third-order valence-corrected chi connectivity index (χ3v) is 5.81. The molecule has 4 aromatic rings. The molecule has 0 saturated carbocycles. The van der Waals surface area contributed by atoms with E-state index in [9.17, 15) is 10.1 Å². The Hall–Kier alpha value is -4.36. The second-order valence-electron chi connectivity index (χ2n) is 8.61. The van der Waals surface area contributed by atoms with Gasteiger partial charge in [0.15, 0.2) is 0 Å². The molecule has 0 aliphatic heterocycles. The summed E-state index contributed by atoms with van der Waals surface area (Å²) in [7, 11) is 0. The zero-order valence-corrected chi connectivity index (χ0v) is 20.3. The largest absolute Gasteiger partial charge is 0.494 e. The molecule has 174 valence electrons. The number of carbonyl (C=O) groups is 1. The minimum absolute atomic E-state index is 0.0527. The molecule has 4 nitrogen and oxygen atoms in total. The highest BCUT2D eigenvalue weighted by atomic mass is 16.5. The first kappa shape index (κ1) is 23.8. The van der Waals surface area contributed by atoms with Crippen molar-refractivity contribution in [3.63, 3.8) is 0 Å². The Kier molecular flexibility index (Phi) is 7.28. The molecule has 0 unspecified atom stereocenters. The van der Waals surface area contributed by atoms with Crippen LogP contribution < -0.4 is 10.1 Å². The van der Waals surface area contributed by atoms with Crippen LogP contribution in [0, 0.1) is 25.2 Å². The number of hydrogen-bond donors (Lipinski definition) is 1. The molecule has 0 fully saturated rings. The van der Waals surface area contributed by atoms with Crippen LogP contribution in [-0.4, -0.2) is 12.5 Å². The number of benzene rings is 4. The van der Waals surface area contributed by atoms with Crippen molar-refractivity contribution >= 4 is 28.4 Å². The average Bonchev–Trinajstić information content (AvgIpc) is 2.84. The number of ether oxygens (including phenoxy) is 1. The molecule has 1 amide bonds. The van der Waals surface area contributed by atoms with Crippen LogP contribution in [0.15, 0.2) is 84.4 Å². The number of nitriles is 1. The van der Waals surface area contributed by atoms with Crippen LogP contribution in [-0.2, 0) is 11.2 Å². The SMILES string of the molecule is CCOc1ccc(NC(=O)/C(C#N)=C/c2c(Cc3cc(C)cc(C)c3)ccc3ccccc23)cc1. The number of nitrogens with zero attached hydrogens (tertiary/aromatic N) is 1. The topological polar surface area (TPSA) is 62.1 Å². The average molecular weight is 461 g/mol. The summed E-state index contributed by atoms with van der Waals surface area (Å²) in [5, 5.41) is 14.8. The quantitative estimate of drug-likeness (QED) is 0.239. The van der Waals surface area contributed by atoms with E-state index in [1.807, 2.05) is 31.2 Å². The summed E-state index contributed by atoms with van der Waals surface area (Å²) in [4.78, 5) is 13.0. The first-order valence-corrected chi connectivity index (χ1v) is 11.7. The molecule has 4 rings (SSSR count). The molecule has 0 aromatic heterocycles. The summed E-state index contributed by atoms with van der Waals surface area (Å²) in [6.07, 6.45) is 2.42. The highest BCUT2D eigenvalue weighted by Crippen LogP contribution is 2.28. The number of nitrogens with one attached hydrogen (secondary N) is 1. The van der Waals surface area contributed by atoms with Crippen molar-refractivity contribution in [1.29, 1.82) is 5.26 Å². The predicted molar refractivity (Wildman–Crippen MR) is 143 cm³/mol. The van der Waals surface area contributed by atoms with E-state index in [4.69, 9.17) is 4.74 Å². The van der Waals surface area contributed by atoms with Gasteiger partial charge in [0.1, 0.15) is 17.4 Å². The van der Waals surface area contributed by atoms with Gasteiger partial charge in [-0.15, -0.1) is 0 Å². The maximum absolute atomic E-state index is 13.0. The molecule has 0 aliphatic rings. The fourth-order valence-electron chi connectivity index (χ4n) is 4.35. The molecule has 0 atom stereocenters. The molecule has 1 N–H and O–H groups in total. The van der Waals surface area contributed by atoms with Crippen LogP contribution in [0.25, 0.3) is 16.8 Å². The van der Waals surface area contributed by atoms with Gasteiger partial charge >= 0.3 is 0 Å². The van der Waals surface area contributed by atoms with Gasteiger partial charge in [0.25, 0.3) is 5.91 Å². The molecule has 4 aromatic carbocycles. The number of hydrogen-bond acceptors (Lipinski definition) is 3. The van der Waals surface area contributed by atoms with E-state index in [-0.39, 0.29) is 5.57 Å². The lowest BCUT2D eigenvalue weighted by Crippen LogP contribution is -2.13. The van der Waals surface area contributed by atoms with Gasteiger partial charge in [0.05, 0.1) is 6.61 Å². The van der Waals surface area contributed by atoms with Gasteiger partial charge in [0.2, 0.25) is 0 Å². The Morgan fingerprint density at radius 2 is 1.69 bits per heavy atom. The van der Waals surface area contributed by atoms with Gasteiger partial charge in [-0.2, -0.15) is 5.26 Å². The molecule has 4 heteroatoms. The highest BCUT2D eigenvalue weighted by Gasteiger charge is 2.14. The Labute approximate surface area is 206 Å². The van der Waals surface area contributed by atoms with Gasteiger partial charge in [0, 0.05) is 5.69 Å². The maximum Gasteiger partial charge on any atom is 0.266 e. The Balaban J connectivity index is 1.71. The number of amides is 1. The second-order valence-corrected chi connectivity index (χ2v) is 8.61. The lowest BCUT2D eigenvalue weighted by molar-refractivity contribution is -0.112. The van der Waals surface area contributed by atoms with Gasteiger partial charge in [-0.05, 0) is 85.0 Å². The van der Waals surface area contributed by atoms with E-state index < -0.39 is 5.91 Å². The van der Waals surface area contributed by atoms with Crippen LogP contribution in [0.1, 0.15) is 34.7 Å². The minimum Gasteiger partial charge on any atom is -0.494 e. The number of rotatable bonds is 7. The van der Waals surface area contributed by atoms with E-state index in [0.29, 0.717) is 18.7 Å². The third kappa shape index (κ3) is 5.77. The zero-order valence-electron chi connectivity index (χ0n) is 20.3. The number of aryl methyl sites for hydroxylation is 2. The van der Waals surface area contributed by atoms with E-state index in [2.05, 4.69) is 55.6 Å². The summed E-state index contributed by atoms with van der Waals surface area (Å²) >= 11 is 0. The van der Waals surface area contributed by atoms with Crippen molar-refractivity contribution in [3.8, 4) is 11.8 Å². The van der Waals surface area contributed by atoms with Crippen LogP contribution in [0.5, 0.6) is 5.75 Å². The lowest BCUT2D eigenvalue weighted by Gasteiger charge is -2.13. The van der Waals surface area contributed by atoms with Gasteiger partial charge in [-0.3, -0.25) is 4.79 Å². The summed E-state index contributed by atoms with van der Waals surface area (Å²) in [5.74, 6) is 0.287. The fourth-order valence-corrected chi connectivity index (χ4v) is 4.35. The molecular formula is C31H28N2O2. The van der Waals surface area contributed by atoms with E-state index in [0.717, 1.165) is 27.6 Å². The molecule has 0 bridgehead atoms. The molecule has 0 radical (unpaired) electrons. The summed E-state index contributed by atoms with van der Waals surface area (Å²) < 4.78 is 5.45. The molecule has 0 spiro atoms. The number of fused-ring (bicyclic) bond motifs is 1. The number of anilines is 1. The summed E-state index contributed by atoms with van der Waals surface area (Å²) in [5.41, 5.74) is 6.24. The monoisotopic (exact) mass is 460 g/mol. The molecule has 0 aliphatic carbocycles. The van der Waals surface area contributed by atoms with Gasteiger partial charge in [-0.25, -0.2) is 0 Å². The molecule has 0 heterocycles. The predicted octanol–water partition coefficient (Wildman–Crippen LogP) is 6.99. The van der Waals surface area contributed by atoms with Crippen molar-refractivity contribution < 1.29 is 9.53 Å². The zero-order chi connectivity index (χ0) is 24.8. The first-order valence-electron chi connectivity index (χ1n) is 11.7. The highest BCUT2D eigenvalue weighted by molar-refractivity contribution is 6.11. The van der Waals surface area contributed by atoms with E-state index >= 15 is 0 Å². The van der Waals surface area contributed by atoms with Crippen molar-refractivity contribution in [2.24, 2.45) is 0 Å². The van der Waals surface area contributed by atoms with E-state index in [1.54, 1.807) is 30.3 Å². The van der Waals surface area contributed by atoms with Crippen molar-refractivity contribution in [3.05, 3.63) is 112 Å². The van der Waals surface area contributed by atoms with Crippen LogP contribution in [0.2, 0.25) is 0 Å². The maximum atomic E-state index is 13.0. The van der Waals surface area contributed by atoms with Gasteiger partial charge in [-0.1, -0.05) is 65.7 Å². The molecule has 35 heavy (non-hydrogen) atoms. The van der Waals surface area contributed by atoms with E-state index in [1.165, 1.54) is 16.7 Å². The van der Waals surface area contributed by atoms with Gasteiger partial charge < -0.3 is 10.1 Å². The van der Waals surface area contributed by atoms with Crippen molar-refractivity contribution in [2.75, 3.05) is 11.9 Å². The van der Waals surface area contributed by atoms with Crippen molar-refractivity contribution in [2.45, 2.75) is 27.2 Å². The third-order valence-electron chi connectivity index (χ3n) is 5.81. The Morgan fingerprint density at radius 3 is 2.37 bits per heavy atom. The molecular weight excluding hydrogens is 432 g/mol. The standard InChI is InChI=1S/C31H28N2O2/c1-4-35-28-13-11-27(12-14-28)33-31(34)26(20-32)19-30-25(10-9-24-7-5-6-8-29(24)30)18-23-16-21(2)15-22(3)17-23/h5-17,19H,4,18H2,1-3H3,(H,33,34)/b26-19+. The van der Waals surface area contributed by atoms with Crippen LogP contribution >= 0.6 is 0 Å². The number of carbonyl (C=O) groups excluding carboxylic acids is 1. The Morgan fingerprint density at radius 1 is 0.971 bits per heavy atom. The lowest BCUT2D eigenvalue weighted by atomic mass is 9.92. The normalized spacial score (nSPS) is 11.2. The Bertz CT molecular complexity index is 1420.